The zero-order chi connectivity index (χ0) is 15.6. The Morgan fingerprint density at radius 3 is 2.81 bits per heavy atom. The number of thioether (sulfide) groups is 1. The van der Waals surface area contributed by atoms with Crippen LogP contribution in [0.25, 0.3) is 0 Å². The maximum Gasteiger partial charge on any atom is 0.327 e. The molecule has 2 rings (SSSR count). The zero-order valence-electron chi connectivity index (χ0n) is 11.9. The molecule has 1 aromatic carbocycles. The van der Waals surface area contributed by atoms with E-state index in [9.17, 15) is 14.7 Å². The number of carboxylic acid groups (broad SMARTS) is 1. The summed E-state index contributed by atoms with van der Waals surface area (Å²) in [5.74, 6) is -0.452. The number of ether oxygens (including phenoxy) is 1. The summed E-state index contributed by atoms with van der Waals surface area (Å²) < 4.78 is 5.10. The first-order valence-electron chi connectivity index (χ1n) is 6.60. The number of carbonyl (C=O) groups is 2. The summed E-state index contributed by atoms with van der Waals surface area (Å²) >= 11 is 1.48. The largest absolute Gasteiger partial charge is 0.497 e. The van der Waals surface area contributed by atoms with Gasteiger partial charge in [-0.15, -0.1) is 11.8 Å². The van der Waals surface area contributed by atoms with Crippen molar-refractivity contribution in [3.8, 4) is 5.75 Å². The van der Waals surface area contributed by atoms with Gasteiger partial charge in [0.2, 0.25) is 0 Å². The second-order valence-corrected chi connectivity index (χ2v) is 5.93. The second kappa shape index (κ2) is 6.26. The van der Waals surface area contributed by atoms with Crippen LogP contribution in [0.3, 0.4) is 0 Å². The second-order valence-electron chi connectivity index (χ2n) is 4.72. The number of carbonyl (C=O) groups excluding carboxylic acids is 1. The van der Waals surface area contributed by atoms with E-state index in [1.165, 1.54) is 23.8 Å². The molecule has 114 valence electrons. The van der Waals surface area contributed by atoms with E-state index < -0.39 is 12.0 Å². The normalized spacial score (nSPS) is 21.3. The van der Waals surface area contributed by atoms with Gasteiger partial charge in [-0.3, -0.25) is 4.79 Å². The van der Waals surface area contributed by atoms with Gasteiger partial charge in [0.25, 0.3) is 5.91 Å². The van der Waals surface area contributed by atoms with Gasteiger partial charge < -0.3 is 20.5 Å². The predicted molar refractivity (Wildman–Crippen MR) is 81.5 cm³/mol. The predicted octanol–water partition coefficient (Wildman–Crippen LogP) is 1.66. The Balaban J connectivity index is 2.38. The van der Waals surface area contributed by atoms with E-state index in [0.717, 1.165) is 0 Å². The standard InChI is InChI=1S/C14H18N2O4S/c1-3-12-16(11(7-21-12)14(18)19)13(17)9-6-8(20-2)4-5-10(9)15/h4-6,11-12H,3,7,15H2,1-2H3,(H,18,19). The number of amides is 1. The van der Waals surface area contributed by atoms with Gasteiger partial charge in [0, 0.05) is 11.4 Å². The number of benzene rings is 1. The van der Waals surface area contributed by atoms with Gasteiger partial charge in [-0.05, 0) is 24.6 Å². The zero-order valence-corrected chi connectivity index (χ0v) is 12.7. The van der Waals surface area contributed by atoms with Crippen LogP contribution in [0.15, 0.2) is 18.2 Å². The number of nitrogens with zero attached hydrogens (tertiary/aromatic N) is 1. The SMILES string of the molecule is CCC1SCC(C(=O)O)N1C(=O)c1cc(OC)ccc1N. The average molecular weight is 310 g/mol. The Hall–Kier alpha value is -1.89. The Labute approximate surface area is 127 Å². The van der Waals surface area contributed by atoms with Crippen LogP contribution in [0, 0.1) is 0 Å². The Kier molecular flexibility index (Phi) is 4.62. The van der Waals surface area contributed by atoms with Crippen LogP contribution in [0.4, 0.5) is 5.69 Å². The van der Waals surface area contributed by atoms with Crippen LogP contribution in [-0.2, 0) is 4.79 Å². The Bertz CT molecular complexity index is 564. The molecule has 1 saturated heterocycles. The number of anilines is 1. The van der Waals surface area contributed by atoms with Crippen molar-refractivity contribution in [1.29, 1.82) is 0 Å². The number of rotatable bonds is 4. The Morgan fingerprint density at radius 1 is 1.52 bits per heavy atom. The molecule has 0 radical (unpaired) electrons. The third-order valence-electron chi connectivity index (χ3n) is 3.45. The van der Waals surface area contributed by atoms with Crippen LogP contribution in [0.1, 0.15) is 23.7 Å². The van der Waals surface area contributed by atoms with Gasteiger partial charge in [0.15, 0.2) is 0 Å². The van der Waals surface area contributed by atoms with Gasteiger partial charge in [-0.1, -0.05) is 6.92 Å². The number of aliphatic carboxylic acids is 1. The lowest BCUT2D eigenvalue weighted by Gasteiger charge is -2.27. The molecule has 1 aliphatic rings. The lowest BCUT2D eigenvalue weighted by Crippen LogP contribution is -2.45. The summed E-state index contributed by atoms with van der Waals surface area (Å²) in [5.41, 5.74) is 6.46. The highest BCUT2D eigenvalue weighted by Gasteiger charge is 2.41. The van der Waals surface area contributed by atoms with Crippen molar-refractivity contribution in [3.05, 3.63) is 23.8 Å². The number of hydrogen-bond donors (Lipinski definition) is 2. The number of carboxylic acids is 1. The lowest BCUT2D eigenvalue weighted by molar-refractivity contribution is -0.141. The monoisotopic (exact) mass is 310 g/mol. The minimum absolute atomic E-state index is 0.149. The first-order valence-corrected chi connectivity index (χ1v) is 7.65. The summed E-state index contributed by atoms with van der Waals surface area (Å²) in [6.07, 6.45) is 0.685. The van der Waals surface area contributed by atoms with E-state index in [0.29, 0.717) is 23.6 Å². The molecule has 1 aliphatic heterocycles. The summed E-state index contributed by atoms with van der Waals surface area (Å²) in [6, 6.07) is 3.98. The number of nitrogens with two attached hydrogens (primary N) is 1. The number of methoxy groups -OCH3 is 1. The van der Waals surface area contributed by atoms with Crippen molar-refractivity contribution in [2.45, 2.75) is 24.8 Å². The van der Waals surface area contributed by atoms with Crippen LogP contribution in [0.5, 0.6) is 5.75 Å². The molecule has 1 amide bonds. The van der Waals surface area contributed by atoms with Gasteiger partial charge in [-0.25, -0.2) is 4.79 Å². The van der Waals surface area contributed by atoms with Gasteiger partial charge in [0.05, 0.1) is 18.0 Å². The fourth-order valence-corrected chi connectivity index (χ4v) is 3.67. The molecular formula is C14H18N2O4S. The summed E-state index contributed by atoms with van der Waals surface area (Å²) in [4.78, 5) is 25.5. The van der Waals surface area contributed by atoms with E-state index >= 15 is 0 Å². The highest BCUT2D eigenvalue weighted by atomic mass is 32.2. The molecule has 1 fully saturated rings. The molecule has 0 aliphatic carbocycles. The maximum atomic E-state index is 12.7. The van der Waals surface area contributed by atoms with Crippen LogP contribution >= 0.6 is 11.8 Å². The molecule has 0 spiro atoms. The first kappa shape index (κ1) is 15.5. The number of nitrogen functional groups attached to an aromatic ring is 1. The summed E-state index contributed by atoms with van der Waals surface area (Å²) in [7, 11) is 1.50. The highest BCUT2D eigenvalue weighted by molar-refractivity contribution is 8.00. The first-order chi connectivity index (χ1) is 9.99. The van der Waals surface area contributed by atoms with Gasteiger partial charge in [-0.2, -0.15) is 0 Å². The third-order valence-corrected chi connectivity index (χ3v) is 4.91. The average Bonchev–Trinajstić information content (AvgIpc) is 2.91. The summed E-state index contributed by atoms with van der Waals surface area (Å²) in [5, 5.41) is 9.15. The van der Waals surface area contributed by atoms with Crippen molar-refractivity contribution >= 4 is 29.3 Å². The molecular weight excluding hydrogens is 292 g/mol. The number of hydrogen-bond acceptors (Lipinski definition) is 5. The van der Waals surface area contributed by atoms with E-state index in [4.69, 9.17) is 10.5 Å². The van der Waals surface area contributed by atoms with Crippen molar-refractivity contribution in [2.24, 2.45) is 0 Å². The maximum absolute atomic E-state index is 12.7. The van der Waals surface area contributed by atoms with E-state index in [-0.39, 0.29) is 16.8 Å². The fourth-order valence-electron chi connectivity index (χ4n) is 2.33. The fraction of sp³-hybridized carbons (Fsp3) is 0.429. The molecule has 7 heteroatoms. The van der Waals surface area contributed by atoms with Crippen molar-refractivity contribution in [3.63, 3.8) is 0 Å². The van der Waals surface area contributed by atoms with Crippen molar-refractivity contribution in [1.82, 2.24) is 4.90 Å². The molecule has 6 nitrogen and oxygen atoms in total. The minimum Gasteiger partial charge on any atom is -0.497 e. The molecule has 0 bridgehead atoms. The smallest absolute Gasteiger partial charge is 0.327 e. The minimum atomic E-state index is -0.992. The third kappa shape index (κ3) is 2.92. The van der Waals surface area contributed by atoms with Crippen LogP contribution in [0.2, 0.25) is 0 Å². The van der Waals surface area contributed by atoms with E-state index in [1.807, 2.05) is 6.92 Å². The lowest BCUT2D eigenvalue weighted by atomic mass is 10.1. The van der Waals surface area contributed by atoms with E-state index in [1.54, 1.807) is 18.2 Å². The molecule has 0 aromatic heterocycles. The molecule has 1 aromatic rings. The summed E-state index contributed by atoms with van der Waals surface area (Å²) in [6.45, 7) is 1.93. The van der Waals surface area contributed by atoms with Crippen LogP contribution in [-0.4, -0.2) is 46.2 Å². The van der Waals surface area contributed by atoms with Gasteiger partial charge in [0.1, 0.15) is 11.8 Å². The van der Waals surface area contributed by atoms with Crippen molar-refractivity contribution in [2.75, 3.05) is 18.6 Å². The molecule has 0 saturated carbocycles. The topological polar surface area (TPSA) is 92.9 Å². The molecule has 1 heterocycles. The molecule has 2 atom stereocenters. The quantitative estimate of drug-likeness (QED) is 0.822. The molecule has 3 N–H and O–H groups in total. The van der Waals surface area contributed by atoms with Crippen molar-refractivity contribution < 1.29 is 19.4 Å². The van der Waals surface area contributed by atoms with Gasteiger partial charge >= 0.3 is 5.97 Å². The van der Waals surface area contributed by atoms with Crippen LogP contribution < -0.4 is 10.5 Å². The van der Waals surface area contributed by atoms with E-state index in [2.05, 4.69) is 0 Å². The Morgan fingerprint density at radius 2 is 2.24 bits per heavy atom. The highest BCUT2D eigenvalue weighted by Crippen LogP contribution is 2.34. The molecule has 2 unspecified atom stereocenters. The molecule has 21 heavy (non-hydrogen) atoms.